The van der Waals surface area contributed by atoms with E-state index in [2.05, 4.69) is 22.1 Å². The number of hydrogen-bond acceptors (Lipinski definition) is 6. The predicted octanol–water partition coefficient (Wildman–Crippen LogP) is 5.27. The summed E-state index contributed by atoms with van der Waals surface area (Å²) in [4.78, 5) is 19.0. The quantitative estimate of drug-likeness (QED) is 0.400. The third kappa shape index (κ3) is 4.16. The van der Waals surface area contributed by atoms with Gasteiger partial charge in [0, 0.05) is 23.8 Å². The van der Waals surface area contributed by atoms with E-state index in [1.165, 1.54) is 12.8 Å². The molecule has 0 radical (unpaired) electrons. The lowest BCUT2D eigenvalue weighted by atomic mass is 10.1. The van der Waals surface area contributed by atoms with Crippen LogP contribution in [-0.4, -0.2) is 26.8 Å². The molecule has 0 saturated heterocycles. The van der Waals surface area contributed by atoms with Gasteiger partial charge in [-0.3, -0.25) is 9.69 Å². The maximum atomic E-state index is 12.7. The fourth-order valence-corrected chi connectivity index (χ4v) is 4.24. The summed E-state index contributed by atoms with van der Waals surface area (Å²) in [6, 6.07) is 17.3. The Hall–Kier alpha value is -2.93. The Balaban J connectivity index is 1.79. The molecule has 0 fully saturated rings. The summed E-state index contributed by atoms with van der Waals surface area (Å²) in [6.07, 6.45) is 2.82. The Bertz CT molecular complexity index is 1030. The second-order valence-electron chi connectivity index (χ2n) is 7.09. The number of benzene rings is 2. The molecular formula is C23H24N4O2S. The number of nitrogens with zero attached hydrogens (tertiary/aromatic N) is 4. The second-order valence-corrected chi connectivity index (χ2v) is 8.15. The zero-order chi connectivity index (χ0) is 20.9. The van der Waals surface area contributed by atoms with Crippen LogP contribution < -0.4 is 9.64 Å². The first-order valence-electron chi connectivity index (χ1n) is 10.2. The van der Waals surface area contributed by atoms with Crippen LogP contribution in [0.15, 0.2) is 59.8 Å². The van der Waals surface area contributed by atoms with Gasteiger partial charge in [0.2, 0.25) is 23.2 Å². The molecule has 0 spiro atoms. The number of carbonyl (C=O) groups is 1. The zero-order valence-electron chi connectivity index (χ0n) is 17.1. The van der Waals surface area contributed by atoms with Crippen LogP contribution in [0.3, 0.4) is 0 Å². The number of amides is 1. The molecule has 6 nitrogen and oxygen atoms in total. The Morgan fingerprint density at radius 1 is 1.07 bits per heavy atom. The number of anilines is 1. The van der Waals surface area contributed by atoms with Crippen LogP contribution >= 0.6 is 11.8 Å². The molecule has 0 saturated carbocycles. The molecule has 1 amide bonds. The van der Waals surface area contributed by atoms with Gasteiger partial charge in [0.25, 0.3) is 0 Å². The van der Waals surface area contributed by atoms with E-state index < -0.39 is 6.23 Å². The van der Waals surface area contributed by atoms with Crippen molar-refractivity contribution in [1.29, 1.82) is 0 Å². The van der Waals surface area contributed by atoms with Gasteiger partial charge in [-0.1, -0.05) is 80.1 Å². The molecule has 0 aliphatic carbocycles. The van der Waals surface area contributed by atoms with Gasteiger partial charge >= 0.3 is 0 Å². The highest BCUT2D eigenvalue weighted by Gasteiger charge is 2.34. The fourth-order valence-electron chi connectivity index (χ4n) is 3.46. The Morgan fingerprint density at radius 3 is 2.60 bits per heavy atom. The smallest absolute Gasteiger partial charge is 0.247 e. The molecule has 1 atom stereocenters. The summed E-state index contributed by atoms with van der Waals surface area (Å²) in [7, 11) is 0. The van der Waals surface area contributed by atoms with Gasteiger partial charge in [-0.25, -0.2) is 0 Å². The standard InChI is InChI=1S/C23H24N4O2S/c1-3-4-10-15-30-23-24-21-20(25-26-23)18-13-8-9-14-19(18)27(16(2)28)22(29-21)17-11-6-5-7-12-17/h5-9,11-14,22H,3-4,10,15H2,1-2H3/t22-/m0/s1. The van der Waals surface area contributed by atoms with Gasteiger partial charge in [0.1, 0.15) is 0 Å². The minimum Gasteiger partial charge on any atom is -0.447 e. The van der Waals surface area contributed by atoms with Crippen LogP contribution in [0.25, 0.3) is 11.3 Å². The number of aromatic nitrogens is 3. The van der Waals surface area contributed by atoms with Gasteiger partial charge in [0.15, 0.2) is 5.69 Å². The van der Waals surface area contributed by atoms with Crippen LogP contribution in [0, 0.1) is 0 Å². The van der Waals surface area contributed by atoms with Gasteiger partial charge in [-0.2, -0.15) is 4.98 Å². The summed E-state index contributed by atoms with van der Waals surface area (Å²) < 4.78 is 6.35. The molecule has 7 heteroatoms. The maximum absolute atomic E-state index is 12.7. The molecule has 4 rings (SSSR count). The van der Waals surface area contributed by atoms with Gasteiger partial charge < -0.3 is 4.74 Å². The topological polar surface area (TPSA) is 68.2 Å². The molecule has 3 aromatic rings. The van der Waals surface area contributed by atoms with E-state index >= 15 is 0 Å². The summed E-state index contributed by atoms with van der Waals surface area (Å²) >= 11 is 1.58. The molecule has 30 heavy (non-hydrogen) atoms. The van der Waals surface area contributed by atoms with Crippen molar-refractivity contribution in [3.05, 3.63) is 60.2 Å². The van der Waals surface area contributed by atoms with Crippen molar-refractivity contribution in [2.45, 2.75) is 44.5 Å². The Kier molecular flexibility index (Phi) is 6.28. The molecule has 2 heterocycles. The first-order chi connectivity index (χ1) is 14.7. The number of ether oxygens (including phenoxy) is 1. The maximum Gasteiger partial charge on any atom is 0.247 e. The fraction of sp³-hybridized carbons (Fsp3) is 0.304. The van der Waals surface area contributed by atoms with E-state index in [-0.39, 0.29) is 5.91 Å². The van der Waals surface area contributed by atoms with Crippen LogP contribution in [0.4, 0.5) is 5.69 Å². The molecule has 0 N–H and O–H groups in total. The first kappa shape index (κ1) is 20.3. The van der Waals surface area contributed by atoms with Gasteiger partial charge in [-0.05, 0) is 12.5 Å². The zero-order valence-corrected chi connectivity index (χ0v) is 17.9. The van der Waals surface area contributed by atoms with Crippen molar-refractivity contribution in [2.24, 2.45) is 0 Å². The molecule has 0 bridgehead atoms. The van der Waals surface area contributed by atoms with Crippen molar-refractivity contribution in [2.75, 3.05) is 10.7 Å². The van der Waals surface area contributed by atoms with E-state index in [0.29, 0.717) is 16.7 Å². The normalized spacial score (nSPS) is 15.0. The van der Waals surface area contributed by atoms with Crippen molar-refractivity contribution in [3.63, 3.8) is 0 Å². The predicted molar refractivity (Wildman–Crippen MR) is 118 cm³/mol. The number of unbranched alkanes of at least 4 members (excludes halogenated alkanes) is 2. The van der Waals surface area contributed by atoms with E-state index in [1.54, 1.807) is 23.6 Å². The van der Waals surface area contributed by atoms with Crippen molar-refractivity contribution >= 4 is 23.4 Å². The van der Waals surface area contributed by atoms with Crippen LogP contribution in [0.1, 0.15) is 44.9 Å². The number of thioether (sulfide) groups is 1. The average molecular weight is 421 g/mol. The highest BCUT2D eigenvalue weighted by Crippen LogP contribution is 2.43. The third-order valence-corrected chi connectivity index (χ3v) is 5.84. The lowest BCUT2D eigenvalue weighted by molar-refractivity contribution is -0.118. The van der Waals surface area contributed by atoms with Crippen molar-refractivity contribution in [1.82, 2.24) is 15.2 Å². The second kappa shape index (κ2) is 9.26. The number of fused-ring (bicyclic) bond motifs is 3. The molecule has 1 aromatic heterocycles. The van der Waals surface area contributed by atoms with Gasteiger partial charge in [-0.15, -0.1) is 10.2 Å². The van der Waals surface area contributed by atoms with E-state index in [9.17, 15) is 4.79 Å². The third-order valence-electron chi connectivity index (χ3n) is 4.91. The number of hydrogen-bond donors (Lipinski definition) is 0. The summed E-state index contributed by atoms with van der Waals surface area (Å²) in [5.41, 5.74) is 2.93. The SMILES string of the molecule is CCCCCSc1nnc2c(n1)O[C@@H](c1ccccc1)N(C(C)=O)c1ccccc1-2. The lowest BCUT2D eigenvalue weighted by Gasteiger charge is -2.29. The highest BCUT2D eigenvalue weighted by atomic mass is 32.2. The van der Waals surface area contributed by atoms with Gasteiger partial charge in [0.05, 0.1) is 5.69 Å². The summed E-state index contributed by atoms with van der Waals surface area (Å²) in [5, 5.41) is 9.35. The van der Waals surface area contributed by atoms with E-state index in [4.69, 9.17) is 4.74 Å². The molecular weight excluding hydrogens is 396 g/mol. The number of rotatable bonds is 6. The Labute approximate surface area is 180 Å². The average Bonchev–Trinajstić information content (AvgIpc) is 2.91. The molecule has 154 valence electrons. The number of para-hydroxylation sites is 1. The Morgan fingerprint density at radius 2 is 1.83 bits per heavy atom. The molecule has 0 unspecified atom stereocenters. The minimum atomic E-state index is -0.638. The van der Waals surface area contributed by atoms with E-state index in [0.717, 1.165) is 29.0 Å². The molecule has 2 aromatic carbocycles. The molecule has 1 aliphatic rings. The van der Waals surface area contributed by atoms with E-state index in [1.807, 2.05) is 54.6 Å². The first-order valence-corrected chi connectivity index (χ1v) is 11.2. The van der Waals surface area contributed by atoms with Crippen LogP contribution in [0.5, 0.6) is 5.88 Å². The summed E-state index contributed by atoms with van der Waals surface area (Å²) in [6.45, 7) is 3.72. The monoisotopic (exact) mass is 420 g/mol. The largest absolute Gasteiger partial charge is 0.447 e. The van der Waals surface area contributed by atoms with Crippen LogP contribution in [-0.2, 0) is 4.79 Å². The minimum absolute atomic E-state index is 0.119. The summed E-state index contributed by atoms with van der Waals surface area (Å²) in [5.74, 6) is 1.21. The number of carbonyl (C=O) groups excluding carboxylic acids is 1. The lowest BCUT2D eigenvalue weighted by Crippen LogP contribution is -2.36. The van der Waals surface area contributed by atoms with Crippen molar-refractivity contribution in [3.8, 4) is 17.1 Å². The highest BCUT2D eigenvalue weighted by molar-refractivity contribution is 7.99. The van der Waals surface area contributed by atoms with Crippen molar-refractivity contribution < 1.29 is 9.53 Å². The molecule has 1 aliphatic heterocycles. The van der Waals surface area contributed by atoms with Crippen LogP contribution in [0.2, 0.25) is 0 Å².